The van der Waals surface area contributed by atoms with Gasteiger partial charge in [0.25, 0.3) is 17.4 Å². The lowest BCUT2D eigenvalue weighted by molar-refractivity contribution is -0.261. The Hall–Kier alpha value is -2.78. The SMILES string of the molecule is CN(C)C(=O)c1ccc(N2CCC(C3CC3CCCN(C)C(=O)[C@](O)(c3ccccc3)C(F)(F)F)CC2)cc1Cl. The summed E-state index contributed by atoms with van der Waals surface area (Å²) < 4.78 is 41.5. The molecule has 218 valence electrons. The minimum atomic E-state index is -5.13. The second kappa shape index (κ2) is 12.0. The van der Waals surface area contributed by atoms with Gasteiger partial charge >= 0.3 is 6.18 Å². The number of alkyl halides is 3. The van der Waals surface area contributed by atoms with Crippen LogP contribution in [-0.2, 0) is 10.4 Å². The number of rotatable bonds is 9. The first-order valence-electron chi connectivity index (χ1n) is 13.7. The summed E-state index contributed by atoms with van der Waals surface area (Å²) in [5, 5.41) is 11.0. The van der Waals surface area contributed by atoms with E-state index < -0.39 is 23.2 Å². The van der Waals surface area contributed by atoms with Crippen molar-refractivity contribution >= 4 is 29.1 Å². The molecule has 1 saturated carbocycles. The fraction of sp³-hybridized carbons (Fsp3) is 0.533. The van der Waals surface area contributed by atoms with Crippen LogP contribution in [0.2, 0.25) is 5.02 Å². The Morgan fingerprint density at radius 2 is 1.70 bits per heavy atom. The summed E-state index contributed by atoms with van der Waals surface area (Å²) in [5.74, 6) is 0.228. The molecule has 2 aromatic rings. The highest BCUT2D eigenvalue weighted by molar-refractivity contribution is 6.34. The molecule has 2 aromatic carbocycles. The van der Waals surface area contributed by atoms with E-state index in [2.05, 4.69) is 4.90 Å². The molecule has 1 aliphatic heterocycles. The second-order valence-corrected chi connectivity index (χ2v) is 11.7. The molecule has 0 spiro atoms. The predicted octanol–water partition coefficient (Wildman–Crippen LogP) is 5.58. The summed E-state index contributed by atoms with van der Waals surface area (Å²) in [6.45, 7) is 1.95. The van der Waals surface area contributed by atoms with E-state index in [-0.39, 0.29) is 12.5 Å². The van der Waals surface area contributed by atoms with E-state index in [1.807, 2.05) is 12.1 Å². The number of anilines is 1. The molecule has 3 atom stereocenters. The zero-order chi connectivity index (χ0) is 29.2. The lowest BCUT2D eigenvalue weighted by Crippen LogP contribution is -2.55. The number of carbonyl (C=O) groups is 2. The highest BCUT2D eigenvalue weighted by Crippen LogP contribution is 2.50. The Morgan fingerprint density at radius 3 is 2.27 bits per heavy atom. The maximum atomic E-state index is 13.8. The minimum absolute atomic E-state index is 0.127. The van der Waals surface area contributed by atoms with Crippen molar-refractivity contribution < 1.29 is 27.9 Å². The number of hydrogen-bond donors (Lipinski definition) is 1. The zero-order valence-electron chi connectivity index (χ0n) is 23.1. The smallest absolute Gasteiger partial charge is 0.371 e. The monoisotopic (exact) mass is 579 g/mol. The van der Waals surface area contributed by atoms with Crippen molar-refractivity contribution in [2.45, 2.75) is 43.9 Å². The van der Waals surface area contributed by atoms with Gasteiger partial charge in [0.15, 0.2) is 0 Å². The summed E-state index contributed by atoms with van der Waals surface area (Å²) in [7, 11) is 4.71. The quantitative estimate of drug-likeness (QED) is 0.421. The second-order valence-electron chi connectivity index (χ2n) is 11.3. The average molecular weight is 580 g/mol. The fourth-order valence-corrected chi connectivity index (χ4v) is 6.19. The summed E-state index contributed by atoms with van der Waals surface area (Å²) in [6, 6.07) is 12.1. The molecule has 4 rings (SSSR count). The lowest BCUT2D eigenvalue weighted by Gasteiger charge is -2.34. The van der Waals surface area contributed by atoms with E-state index in [1.165, 1.54) is 30.1 Å². The number of likely N-dealkylation sites (N-methyl/N-ethyl adjacent to an activating group) is 1. The Bertz CT molecular complexity index is 1200. The number of aliphatic hydroxyl groups is 1. The van der Waals surface area contributed by atoms with Gasteiger partial charge in [0, 0.05) is 52.0 Å². The summed E-state index contributed by atoms with van der Waals surface area (Å²) in [4.78, 5) is 29.8. The number of nitrogens with zero attached hydrogens (tertiary/aromatic N) is 3. The fourth-order valence-electron chi connectivity index (χ4n) is 5.94. The Morgan fingerprint density at radius 1 is 1.05 bits per heavy atom. The first-order chi connectivity index (χ1) is 18.8. The van der Waals surface area contributed by atoms with E-state index in [1.54, 1.807) is 20.2 Å². The van der Waals surface area contributed by atoms with Crippen molar-refractivity contribution in [3.8, 4) is 0 Å². The van der Waals surface area contributed by atoms with E-state index in [0.717, 1.165) is 61.5 Å². The molecule has 10 heteroatoms. The average Bonchev–Trinajstić information content (AvgIpc) is 3.71. The number of piperidine rings is 1. The van der Waals surface area contributed by atoms with Gasteiger partial charge in [-0.25, -0.2) is 0 Å². The van der Waals surface area contributed by atoms with Crippen LogP contribution in [0.3, 0.4) is 0 Å². The Labute approximate surface area is 238 Å². The maximum absolute atomic E-state index is 13.8. The molecule has 6 nitrogen and oxygen atoms in total. The van der Waals surface area contributed by atoms with Crippen molar-refractivity contribution in [2.75, 3.05) is 45.7 Å². The molecule has 1 saturated heterocycles. The maximum Gasteiger partial charge on any atom is 0.430 e. The van der Waals surface area contributed by atoms with E-state index in [4.69, 9.17) is 11.6 Å². The number of benzene rings is 2. The summed E-state index contributed by atoms with van der Waals surface area (Å²) in [6.07, 6.45) is -0.508. The van der Waals surface area contributed by atoms with Crippen molar-refractivity contribution in [1.82, 2.24) is 9.80 Å². The van der Waals surface area contributed by atoms with Gasteiger partial charge in [-0.2, -0.15) is 13.2 Å². The van der Waals surface area contributed by atoms with Crippen LogP contribution in [0.4, 0.5) is 18.9 Å². The van der Waals surface area contributed by atoms with Crippen LogP contribution in [0.15, 0.2) is 48.5 Å². The van der Waals surface area contributed by atoms with Gasteiger partial charge in [0.05, 0.1) is 10.6 Å². The molecule has 1 aliphatic carbocycles. The van der Waals surface area contributed by atoms with Gasteiger partial charge in [-0.1, -0.05) is 41.9 Å². The molecule has 2 fully saturated rings. The molecule has 1 N–H and O–H groups in total. The van der Waals surface area contributed by atoms with Crippen molar-refractivity contribution in [2.24, 2.45) is 17.8 Å². The molecule has 2 aliphatic rings. The number of hydrogen-bond acceptors (Lipinski definition) is 4. The Balaban J connectivity index is 1.24. The van der Waals surface area contributed by atoms with Gasteiger partial charge < -0.3 is 19.8 Å². The van der Waals surface area contributed by atoms with E-state index in [9.17, 15) is 27.9 Å². The topological polar surface area (TPSA) is 64.1 Å². The van der Waals surface area contributed by atoms with Gasteiger partial charge in [-0.15, -0.1) is 0 Å². The molecule has 1 heterocycles. The summed E-state index contributed by atoms with van der Waals surface area (Å²) >= 11 is 6.40. The molecule has 0 bridgehead atoms. The molecule has 2 unspecified atom stereocenters. The zero-order valence-corrected chi connectivity index (χ0v) is 23.9. The van der Waals surface area contributed by atoms with E-state index in [0.29, 0.717) is 34.8 Å². The predicted molar refractivity (Wildman–Crippen MR) is 149 cm³/mol. The third-order valence-corrected chi connectivity index (χ3v) is 8.72. The van der Waals surface area contributed by atoms with Crippen LogP contribution in [-0.4, -0.2) is 73.7 Å². The molecular formula is C30H37ClF3N3O3. The normalized spacial score (nSPS) is 21.1. The van der Waals surface area contributed by atoms with Crippen LogP contribution in [0.5, 0.6) is 0 Å². The molecule has 0 radical (unpaired) electrons. The molecule has 2 amide bonds. The number of halogens is 4. The van der Waals surface area contributed by atoms with Crippen LogP contribution in [0.25, 0.3) is 0 Å². The van der Waals surface area contributed by atoms with Gasteiger partial charge in [-0.05, 0) is 68.1 Å². The first-order valence-corrected chi connectivity index (χ1v) is 14.1. The highest BCUT2D eigenvalue weighted by Gasteiger charge is 2.61. The third kappa shape index (κ3) is 6.25. The van der Waals surface area contributed by atoms with Crippen LogP contribution in [0, 0.1) is 17.8 Å². The Kier molecular flexibility index (Phi) is 9.05. The first kappa shape index (κ1) is 30.2. The third-order valence-electron chi connectivity index (χ3n) is 8.40. The van der Waals surface area contributed by atoms with Crippen LogP contribution in [0.1, 0.15) is 48.0 Å². The van der Waals surface area contributed by atoms with Crippen molar-refractivity contribution in [3.05, 3.63) is 64.7 Å². The molecule has 0 aromatic heterocycles. The van der Waals surface area contributed by atoms with Crippen molar-refractivity contribution in [3.63, 3.8) is 0 Å². The molecule has 40 heavy (non-hydrogen) atoms. The van der Waals surface area contributed by atoms with Gasteiger partial charge in [0.1, 0.15) is 0 Å². The standard InChI is InChI=1S/C30H37ClF3N3O3/c1-35(2)27(38)24-12-11-23(19-26(24)31)37-16-13-20(14-17-37)25-18-21(25)8-7-15-36(3)28(39)29(40,30(32,33)34)22-9-5-4-6-10-22/h4-6,9-12,19-21,25,40H,7-8,13-18H2,1-3H3/t21?,25?,29-/m1/s1. The van der Waals surface area contributed by atoms with Gasteiger partial charge in [-0.3, -0.25) is 9.59 Å². The number of carbonyl (C=O) groups excluding carboxylic acids is 2. The molecular weight excluding hydrogens is 543 g/mol. The lowest BCUT2D eigenvalue weighted by atomic mass is 9.90. The highest BCUT2D eigenvalue weighted by atomic mass is 35.5. The summed E-state index contributed by atoms with van der Waals surface area (Å²) in [5.41, 5.74) is -2.55. The number of amides is 2. The van der Waals surface area contributed by atoms with Crippen LogP contribution >= 0.6 is 11.6 Å². The van der Waals surface area contributed by atoms with E-state index >= 15 is 0 Å². The minimum Gasteiger partial charge on any atom is -0.371 e. The van der Waals surface area contributed by atoms with Crippen LogP contribution < -0.4 is 4.90 Å². The van der Waals surface area contributed by atoms with Gasteiger partial charge in [0.2, 0.25) is 0 Å². The largest absolute Gasteiger partial charge is 0.430 e. The van der Waals surface area contributed by atoms with Crippen molar-refractivity contribution in [1.29, 1.82) is 0 Å².